The van der Waals surface area contributed by atoms with Crippen LogP contribution in [0.25, 0.3) is 0 Å². The van der Waals surface area contributed by atoms with Crippen LogP contribution in [0, 0.1) is 6.92 Å². The third-order valence-corrected chi connectivity index (χ3v) is 4.93. The van der Waals surface area contributed by atoms with E-state index in [1.54, 1.807) is 18.2 Å². The van der Waals surface area contributed by atoms with Crippen LogP contribution < -0.4 is 19.7 Å². The van der Waals surface area contributed by atoms with Crippen molar-refractivity contribution < 1.29 is 14.3 Å². The van der Waals surface area contributed by atoms with Gasteiger partial charge < -0.3 is 24.6 Å². The summed E-state index contributed by atoms with van der Waals surface area (Å²) in [4.78, 5) is 17.3. The first-order valence-corrected chi connectivity index (χ1v) is 8.85. The average Bonchev–Trinajstić information content (AvgIpc) is 3.10. The van der Waals surface area contributed by atoms with Crippen LogP contribution in [0.15, 0.2) is 36.4 Å². The molecule has 0 unspecified atom stereocenters. The van der Waals surface area contributed by atoms with Crippen LogP contribution in [0.3, 0.4) is 0 Å². The quantitative estimate of drug-likeness (QED) is 0.920. The number of anilines is 2. The van der Waals surface area contributed by atoms with Gasteiger partial charge in [-0.15, -0.1) is 0 Å². The lowest BCUT2D eigenvalue weighted by molar-refractivity contribution is 0.102. The Balaban J connectivity index is 1.46. The molecule has 4 rings (SSSR count). The first-order chi connectivity index (χ1) is 12.6. The number of benzene rings is 2. The fourth-order valence-corrected chi connectivity index (χ4v) is 3.38. The van der Waals surface area contributed by atoms with E-state index in [4.69, 9.17) is 9.47 Å². The Morgan fingerprint density at radius 1 is 1.00 bits per heavy atom. The topological polar surface area (TPSA) is 54.0 Å². The van der Waals surface area contributed by atoms with E-state index in [2.05, 4.69) is 35.2 Å². The molecule has 1 N–H and O–H groups in total. The van der Waals surface area contributed by atoms with E-state index in [-0.39, 0.29) is 12.7 Å². The predicted molar refractivity (Wildman–Crippen MR) is 101 cm³/mol. The smallest absolute Gasteiger partial charge is 0.255 e. The van der Waals surface area contributed by atoms with Crippen molar-refractivity contribution in [1.29, 1.82) is 0 Å². The van der Waals surface area contributed by atoms with E-state index in [9.17, 15) is 4.79 Å². The van der Waals surface area contributed by atoms with Gasteiger partial charge in [0.15, 0.2) is 11.5 Å². The largest absolute Gasteiger partial charge is 0.454 e. The highest BCUT2D eigenvalue weighted by atomic mass is 16.7. The summed E-state index contributed by atoms with van der Waals surface area (Å²) < 4.78 is 10.6. The molecule has 0 aromatic heterocycles. The number of hydrogen-bond donors (Lipinski definition) is 1. The van der Waals surface area contributed by atoms with Crippen LogP contribution >= 0.6 is 0 Å². The van der Waals surface area contributed by atoms with Gasteiger partial charge in [-0.2, -0.15) is 0 Å². The highest BCUT2D eigenvalue weighted by Gasteiger charge is 2.18. The molecule has 1 fully saturated rings. The maximum atomic E-state index is 12.5. The van der Waals surface area contributed by atoms with Gasteiger partial charge in [-0.25, -0.2) is 0 Å². The molecule has 2 heterocycles. The molecule has 1 saturated heterocycles. The van der Waals surface area contributed by atoms with Gasteiger partial charge in [-0.1, -0.05) is 0 Å². The molecule has 0 radical (unpaired) electrons. The zero-order valence-electron chi connectivity index (χ0n) is 15.1. The number of carbonyl (C=O) groups excluding carboxylic acids is 1. The number of ether oxygens (including phenoxy) is 2. The summed E-state index contributed by atoms with van der Waals surface area (Å²) in [7, 11) is 2.15. The molecule has 1 amide bonds. The second-order valence-corrected chi connectivity index (χ2v) is 6.81. The summed E-state index contributed by atoms with van der Waals surface area (Å²) in [6, 6.07) is 11.3. The third-order valence-electron chi connectivity index (χ3n) is 4.93. The molecule has 2 aliphatic rings. The number of piperazine rings is 1. The van der Waals surface area contributed by atoms with E-state index in [1.165, 1.54) is 5.69 Å². The zero-order valence-corrected chi connectivity index (χ0v) is 15.1. The molecule has 136 valence electrons. The molecule has 2 aromatic carbocycles. The number of carbonyl (C=O) groups is 1. The first-order valence-electron chi connectivity index (χ1n) is 8.85. The van der Waals surface area contributed by atoms with E-state index in [0.29, 0.717) is 17.1 Å². The minimum atomic E-state index is -0.157. The molecule has 6 heteroatoms. The molecule has 0 bridgehead atoms. The molecular formula is C20H23N3O3. The summed E-state index contributed by atoms with van der Waals surface area (Å²) in [5.74, 6) is 1.13. The van der Waals surface area contributed by atoms with Gasteiger partial charge in [-0.05, 0) is 55.9 Å². The summed E-state index contributed by atoms with van der Waals surface area (Å²) in [6.45, 7) is 6.49. The third kappa shape index (κ3) is 3.32. The number of amides is 1. The fraction of sp³-hybridized carbons (Fsp3) is 0.350. The maximum Gasteiger partial charge on any atom is 0.255 e. The Morgan fingerprint density at radius 2 is 1.77 bits per heavy atom. The van der Waals surface area contributed by atoms with Crippen LogP contribution in [0.5, 0.6) is 11.5 Å². The maximum absolute atomic E-state index is 12.5. The van der Waals surface area contributed by atoms with Gasteiger partial charge in [-0.3, -0.25) is 4.79 Å². The van der Waals surface area contributed by atoms with Crippen LogP contribution in [-0.4, -0.2) is 50.8 Å². The van der Waals surface area contributed by atoms with E-state index < -0.39 is 0 Å². The van der Waals surface area contributed by atoms with E-state index in [1.807, 2.05) is 12.1 Å². The molecule has 0 saturated carbocycles. The first kappa shape index (κ1) is 16.7. The van der Waals surface area contributed by atoms with Crippen LogP contribution in [-0.2, 0) is 0 Å². The van der Waals surface area contributed by atoms with Crippen molar-refractivity contribution >= 4 is 17.3 Å². The highest BCUT2D eigenvalue weighted by Crippen LogP contribution is 2.33. The second-order valence-electron chi connectivity index (χ2n) is 6.81. The van der Waals surface area contributed by atoms with E-state index >= 15 is 0 Å². The molecule has 6 nitrogen and oxygen atoms in total. The van der Waals surface area contributed by atoms with Crippen molar-refractivity contribution in [1.82, 2.24) is 4.90 Å². The van der Waals surface area contributed by atoms with Crippen LogP contribution in [0.1, 0.15) is 15.9 Å². The minimum absolute atomic E-state index is 0.157. The lowest BCUT2D eigenvalue weighted by Gasteiger charge is -2.35. The normalized spacial score (nSPS) is 16.6. The van der Waals surface area contributed by atoms with Gasteiger partial charge in [0.1, 0.15) is 0 Å². The minimum Gasteiger partial charge on any atom is -0.454 e. The Morgan fingerprint density at radius 3 is 2.54 bits per heavy atom. The van der Waals surface area contributed by atoms with Crippen molar-refractivity contribution in [2.45, 2.75) is 6.92 Å². The SMILES string of the molecule is Cc1cc(NC(=O)c2ccc3c(c2)OCO3)ccc1N1CCN(C)CC1. The van der Waals surface area contributed by atoms with Gasteiger partial charge in [0.05, 0.1) is 0 Å². The van der Waals surface area contributed by atoms with Crippen molar-refractivity contribution in [2.24, 2.45) is 0 Å². The summed E-state index contributed by atoms with van der Waals surface area (Å²) >= 11 is 0. The Bertz CT molecular complexity index is 829. The molecular weight excluding hydrogens is 330 g/mol. The standard InChI is InChI=1S/C20H23N3O3/c1-14-11-16(4-5-17(14)23-9-7-22(2)8-10-23)21-20(24)15-3-6-18-19(12-15)26-13-25-18/h3-6,11-12H,7-10,13H2,1-2H3,(H,21,24). The summed E-state index contributed by atoms with van der Waals surface area (Å²) in [5.41, 5.74) is 3.75. The van der Waals surface area contributed by atoms with Gasteiger partial charge in [0.2, 0.25) is 6.79 Å². The second kappa shape index (κ2) is 6.88. The van der Waals surface area contributed by atoms with Crippen LogP contribution in [0.4, 0.5) is 11.4 Å². The monoisotopic (exact) mass is 353 g/mol. The Hall–Kier alpha value is -2.73. The fourth-order valence-electron chi connectivity index (χ4n) is 3.38. The number of likely N-dealkylation sites (N-methyl/N-ethyl adjacent to an activating group) is 1. The number of aryl methyl sites for hydroxylation is 1. The van der Waals surface area contributed by atoms with Crippen molar-refractivity contribution in [2.75, 3.05) is 50.2 Å². The van der Waals surface area contributed by atoms with Gasteiger partial charge >= 0.3 is 0 Å². The predicted octanol–water partition coefficient (Wildman–Crippen LogP) is 2.73. The Labute approximate surface area is 153 Å². The number of fused-ring (bicyclic) bond motifs is 1. The summed E-state index contributed by atoms with van der Waals surface area (Å²) in [6.07, 6.45) is 0. The van der Waals surface area contributed by atoms with Gasteiger partial charge in [0, 0.05) is 43.1 Å². The van der Waals surface area contributed by atoms with E-state index in [0.717, 1.165) is 37.4 Å². The lowest BCUT2D eigenvalue weighted by Crippen LogP contribution is -2.44. The average molecular weight is 353 g/mol. The molecule has 0 aliphatic carbocycles. The zero-order chi connectivity index (χ0) is 18.1. The summed E-state index contributed by atoms with van der Waals surface area (Å²) in [5, 5.41) is 2.97. The van der Waals surface area contributed by atoms with Crippen molar-refractivity contribution in [3.8, 4) is 11.5 Å². The molecule has 0 atom stereocenters. The molecule has 2 aliphatic heterocycles. The van der Waals surface area contributed by atoms with Crippen molar-refractivity contribution in [3.05, 3.63) is 47.5 Å². The van der Waals surface area contributed by atoms with Gasteiger partial charge in [0.25, 0.3) is 5.91 Å². The molecule has 0 spiro atoms. The molecule has 2 aromatic rings. The lowest BCUT2D eigenvalue weighted by atomic mass is 10.1. The number of rotatable bonds is 3. The Kier molecular flexibility index (Phi) is 4.42. The number of hydrogen-bond acceptors (Lipinski definition) is 5. The molecule has 26 heavy (non-hydrogen) atoms. The highest BCUT2D eigenvalue weighted by molar-refractivity contribution is 6.04. The number of nitrogens with zero attached hydrogens (tertiary/aromatic N) is 2. The number of nitrogens with one attached hydrogen (secondary N) is 1. The van der Waals surface area contributed by atoms with Crippen LogP contribution in [0.2, 0.25) is 0 Å². The van der Waals surface area contributed by atoms with Crippen molar-refractivity contribution in [3.63, 3.8) is 0 Å².